The van der Waals surface area contributed by atoms with Crippen LogP contribution in [0, 0.1) is 11.8 Å². The third kappa shape index (κ3) is 4.62. The number of benzene rings is 1. The van der Waals surface area contributed by atoms with Gasteiger partial charge in [0.1, 0.15) is 11.6 Å². The second-order valence-corrected chi connectivity index (χ2v) is 7.14. The van der Waals surface area contributed by atoms with Crippen LogP contribution in [0.1, 0.15) is 38.1 Å². The highest BCUT2D eigenvalue weighted by atomic mass is 16.5. The van der Waals surface area contributed by atoms with Crippen LogP contribution in [0.15, 0.2) is 36.7 Å². The zero-order chi connectivity index (χ0) is 17.8. The van der Waals surface area contributed by atoms with Crippen molar-refractivity contribution in [3.05, 3.63) is 48.0 Å². The monoisotopic (exact) mass is 341 g/mol. The van der Waals surface area contributed by atoms with Crippen molar-refractivity contribution in [2.75, 3.05) is 13.7 Å². The van der Waals surface area contributed by atoms with Gasteiger partial charge >= 0.3 is 0 Å². The zero-order valence-electron chi connectivity index (χ0n) is 15.3. The molecule has 0 bridgehead atoms. The number of carbonyl (C=O) groups is 1. The van der Waals surface area contributed by atoms with Crippen molar-refractivity contribution in [3.63, 3.8) is 0 Å². The van der Waals surface area contributed by atoms with Crippen molar-refractivity contribution in [1.82, 2.24) is 14.5 Å². The Morgan fingerprint density at radius 1 is 1.32 bits per heavy atom. The van der Waals surface area contributed by atoms with Crippen LogP contribution < -0.4 is 4.74 Å². The molecule has 25 heavy (non-hydrogen) atoms. The Kier molecular flexibility index (Phi) is 5.41. The fourth-order valence-electron chi connectivity index (χ4n) is 2.94. The number of hydrogen-bond donors (Lipinski definition) is 0. The summed E-state index contributed by atoms with van der Waals surface area (Å²) in [5, 5.41) is 0. The van der Waals surface area contributed by atoms with Crippen molar-refractivity contribution in [3.8, 4) is 5.75 Å². The summed E-state index contributed by atoms with van der Waals surface area (Å²) in [5.41, 5.74) is 1.18. The van der Waals surface area contributed by atoms with Gasteiger partial charge < -0.3 is 14.2 Å². The number of imidazole rings is 1. The van der Waals surface area contributed by atoms with E-state index in [-0.39, 0.29) is 11.8 Å². The van der Waals surface area contributed by atoms with E-state index in [9.17, 15) is 4.79 Å². The molecule has 5 nitrogen and oxygen atoms in total. The average molecular weight is 341 g/mol. The molecule has 5 heteroatoms. The number of rotatable bonds is 8. The van der Waals surface area contributed by atoms with Crippen LogP contribution in [0.3, 0.4) is 0 Å². The maximum Gasteiger partial charge on any atom is 0.225 e. The maximum atomic E-state index is 12.5. The van der Waals surface area contributed by atoms with Crippen LogP contribution in [0.5, 0.6) is 5.75 Å². The molecule has 1 aromatic carbocycles. The average Bonchev–Trinajstić information content (AvgIpc) is 3.33. The SMILES string of the molecule is COc1ccc(Cn2ccnc2CN(CC2CC2)C(=O)C(C)C)cc1. The first-order chi connectivity index (χ1) is 12.1. The molecule has 1 heterocycles. The summed E-state index contributed by atoms with van der Waals surface area (Å²) in [6.07, 6.45) is 6.27. The van der Waals surface area contributed by atoms with E-state index >= 15 is 0 Å². The van der Waals surface area contributed by atoms with Crippen LogP contribution in [0.4, 0.5) is 0 Å². The molecule has 0 unspecified atom stereocenters. The van der Waals surface area contributed by atoms with Crippen molar-refractivity contribution in [2.24, 2.45) is 11.8 Å². The van der Waals surface area contributed by atoms with Gasteiger partial charge in [-0.25, -0.2) is 4.98 Å². The molecular weight excluding hydrogens is 314 g/mol. The van der Waals surface area contributed by atoms with Gasteiger partial charge in [0.2, 0.25) is 5.91 Å². The molecule has 134 valence electrons. The lowest BCUT2D eigenvalue weighted by molar-refractivity contribution is -0.135. The van der Waals surface area contributed by atoms with E-state index in [4.69, 9.17) is 4.74 Å². The minimum absolute atomic E-state index is 0.0174. The van der Waals surface area contributed by atoms with Crippen LogP contribution in [0.25, 0.3) is 0 Å². The standard InChI is InChI=1S/C20H27N3O2/c1-15(2)20(24)23(13-16-4-5-16)14-19-21-10-11-22(19)12-17-6-8-18(25-3)9-7-17/h6-11,15-16H,4-5,12-14H2,1-3H3. The normalized spacial score (nSPS) is 13.9. The zero-order valence-corrected chi connectivity index (χ0v) is 15.3. The van der Waals surface area contributed by atoms with E-state index < -0.39 is 0 Å². The number of nitrogens with zero attached hydrogens (tertiary/aromatic N) is 3. The summed E-state index contributed by atoms with van der Waals surface area (Å²) in [6.45, 7) is 6.10. The second-order valence-electron chi connectivity index (χ2n) is 7.14. The molecule has 0 N–H and O–H groups in total. The van der Waals surface area contributed by atoms with Gasteiger partial charge in [0.05, 0.1) is 13.7 Å². The summed E-state index contributed by atoms with van der Waals surface area (Å²) >= 11 is 0. The second kappa shape index (κ2) is 7.72. The quantitative estimate of drug-likeness (QED) is 0.740. The predicted molar refractivity (Wildman–Crippen MR) is 97.3 cm³/mol. The minimum atomic E-state index is 0.0174. The number of ether oxygens (including phenoxy) is 1. The first kappa shape index (κ1) is 17.5. The fourth-order valence-corrected chi connectivity index (χ4v) is 2.94. The van der Waals surface area contributed by atoms with Crippen LogP contribution in [-0.4, -0.2) is 34.0 Å². The number of carbonyl (C=O) groups excluding carboxylic acids is 1. The Morgan fingerprint density at radius 2 is 2.04 bits per heavy atom. The van der Waals surface area contributed by atoms with Crippen molar-refractivity contribution in [1.29, 1.82) is 0 Å². The lowest BCUT2D eigenvalue weighted by Crippen LogP contribution is -2.36. The molecule has 1 aliphatic carbocycles. The van der Waals surface area contributed by atoms with Crippen molar-refractivity contribution >= 4 is 5.91 Å². The van der Waals surface area contributed by atoms with Crippen molar-refractivity contribution in [2.45, 2.75) is 39.8 Å². The summed E-state index contributed by atoms with van der Waals surface area (Å²) in [5.74, 6) is 2.69. The van der Waals surface area contributed by atoms with Gasteiger partial charge in [0.25, 0.3) is 0 Å². The van der Waals surface area contributed by atoms with Gasteiger partial charge in [0, 0.05) is 31.4 Å². The summed E-state index contributed by atoms with van der Waals surface area (Å²) in [6, 6.07) is 8.05. The maximum absolute atomic E-state index is 12.5. The topological polar surface area (TPSA) is 47.4 Å². The molecule has 1 aromatic heterocycles. The highest BCUT2D eigenvalue weighted by molar-refractivity contribution is 5.78. The van der Waals surface area contributed by atoms with Crippen molar-refractivity contribution < 1.29 is 9.53 Å². The van der Waals surface area contributed by atoms with E-state index in [0.29, 0.717) is 12.5 Å². The van der Waals surface area contributed by atoms with Crippen LogP contribution in [-0.2, 0) is 17.9 Å². The molecule has 1 aliphatic rings. The molecule has 0 radical (unpaired) electrons. The molecule has 1 fully saturated rings. The predicted octanol–water partition coefficient (Wildman–Crippen LogP) is 3.33. The molecule has 0 aliphatic heterocycles. The number of hydrogen-bond acceptors (Lipinski definition) is 3. The summed E-state index contributed by atoms with van der Waals surface area (Å²) in [4.78, 5) is 19.0. The van der Waals surface area contributed by atoms with E-state index in [1.807, 2.05) is 43.3 Å². The van der Waals surface area contributed by atoms with Gasteiger partial charge in [-0.1, -0.05) is 26.0 Å². The summed E-state index contributed by atoms with van der Waals surface area (Å²) < 4.78 is 7.33. The molecule has 2 aromatic rings. The summed E-state index contributed by atoms with van der Waals surface area (Å²) in [7, 11) is 1.67. The molecular formula is C20H27N3O2. The third-order valence-electron chi connectivity index (χ3n) is 4.63. The lowest BCUT2D eigenvalue weighted by Gasteiger charge is -2.24. The van der Waals surface area contributed by atoms with E-state index in [2.05, 4.69) is 21.7 Å². The molecule has 3 rings (SSSR count). The Labute approximate surface area is 149 Å². The molecule has 0 atom stereocenters. The van der Waals surface area contributed by atoms with Gasteiger partial charge in [-0.2, -0.15) is 0 Å². The number of amides is 1. The largest absolute Gasteiger partial charge is 0.497 e. The number of aromatic nitrogens is 2. The fraction of sp³-hybridized carbons (Fsp3) is 0.500. The Morgan fingerprint density at radius 3 is 2.64 bits per heavy atom. The number of methoxy groups -OCH3 is 1. The van der Waals surface area contributed by atoms with Gasteiger partial charge in [-0.05, 0) is 36.5 Å². The van der Waals surface area contributed by atoms with Crippen LogP contribution in [0.2, 0.25) is 0 Å². The lowest BCUT2D eigenvalue weighted by atomic mass is 10.1. The van der Waals surface area contributed by atoms with E-state index in [1.54, 1.807) is 7.11 Å². The van der Waals surface area contributed by atoms with Gasteiger partial charge in [0.15, 0.2) is 0 Å². The smallest absolute Gasteiger partial charge is 0.225 e. The Balaban J connectivity index is 1.71. The molecule has 0 saturated heterocycles. The van der Waals surface area contributed by atoms with Gasteiger partial charge in [-0.3, -0.25) is 4.79 Å². The van der Waals surface area contributed by atoms with Crippen LogP contribution >= 0.6 is 0 Å². The Bertz CT molecular complexity index is 702. The minimum Gasteiger partial charge on any atom is -0.497 e. The third-order valence-corrected chi connectivity index (χ3v) is 4.63. The van der Waals surface area contributed by atoms with Gasteiger partial charge in [-0.15, -0.1) is 0 Å². The van der Waals surface area contributed by atoms with E-state index in [1.165, 1.54) is 18.4 Å². The first-order valence-corrected chi connectivity index (χ1v) is 8.98. The molecule has 1 saturated carbocycles. The highest BCUT2D eigenvalue weighted by Crippen LogP contribution is 2.30. The first-order valence-electron chi connectivity index (χ1n) is 8.98. The highest BCUT2D eigenvalue weighted by Gasteiger charge is 2.28. The Hall–Kier alpha value is -2.30. The molecule has 0 spiro atoms. The molecule has 1 amide bonds. The van der Waals surface area contributed by atoms with E-state index in [0.717, 1.165) is 24.7 Å².